The predicted molar refractivity (Wildman–Crippen MR) is 72.3 cm³/mol. The summed E-state index contributed by atoms with van der Waals surface area (Å²) < 4.78 is 0. The normalized spacial score (nSPS) is 29.8. The minimum atomic E-state index is 0.731. The minimum absolute atomic E-state index is 0.731. The van der Waals surface area contributed by atoms with Crippen molar-refractivity contribution in [3.63, 3.8) is 0 Å². The van der Waals surface area contributed by atoms with Crippen molar-refractivity contribution in [2.24, 2.45) is 0 Å². The number of rotatable bonds is 3. The van der Waals surface area contributed by atoms with Crippen LogP contribution in [0.3, 0.4) is 0 Å². The van der Waals surface area contributed by atoms with Crippen molar-refractivity contribution in [3.05, 3.63) is 0 Å². The van der Waals surface area contributed by atoms with Crippen molar-refractivity contribution in [2.75, 3.05) is 51.8 Å². The van der Waals surface area contributed by atoms with Crippen molar-refractivity contribution >= 4 is 11.8 Å². The summed E-state index contributed by atoms with van der Waals surface area (Å²) in [4.78, 5) is 5.02. The Morgan fingerprint density at radius 2 is 2.06 bits per heavy atom. The molecular formula is C12H25N3S. The van der Waals surface area contributed by atoms with Crippen LogP contribution < -0.4 is 5.32 Å². The number of nitrogens with zero attached hydrogens (tertiary/aromatic N) is 2. The maximum absolute atomic E-state index is 3.63. The zero-order valence-corrected chi connectivity index (χ0v) is 11.4. The largest absolute Gasteiger partial charge is 0.311 e. The zero-order valence-electron chi connectivity index (χ0n) is 10.6. The van der Waals surface area contributed by atoms with E-state index < -0.39 is 0 Å². The smallest absolute Gasteiger partial charge is 0.0285 e. The van der Waals surface area contributed by atoms with Crippen molar-refractivity contribution in [3.8, 4) is 0 Å². The molecule has 2 aliphatic heterocycles. The van der Waals surface area contributed by atoms with Crippen LogP contribution in [-0.4, -0.2) is 73.7 Å². The monoisotopic (exact) mass is 243 g/mol. The van der Waals surface area contributed by atoms with E-state index in [9.17, 15) is 0 Å². The second-order valence-electron chi connectivity index (χ2n) is 5.22. The van der Waals surface area contributed by atoms with Crippen molar-refractivity contribution in [1.82, 2.24) is 15.1 Å². The molecule has 1 atom stereocenters. The van der Waals surface area contributed by atoms with Gasteiger partial charge in [0.2, 0.25) is 0 Å². The average molecular weight is 243 g/mol. The zero-order chi connectivity index (χ0) is 11.4. The van der Waals surface area contributed by atoms with Gasteiger partial charge in [0.25, 0.3) is 0 Å². The summed E-state index contributed by atoms with van der Waals surface area (Å²) in [5.41, 5.74) is 0. The minimum Gasteiger partial charge on any atom is -0.311 e. The van der Waals surface area contributed by atoms with E-state index in [1.807, 2.05) is 0 Å². The van der Waals surface area contributed by atoms with Gasteiger partial charge in [-0.3, -0.25) is 0 Å². The molecule has 4 heteroatoms. The molecule has 2 rings (SSSR count). The van der Waals surface area contributed by atoms with E-state index in [2.05, 4.69) is 41.0 Å². The van der Waals surface area contributed by atoms with Crippen molar-refractivity contribution in [2.45, 2.75) is 24.9 Å². The van der Waals surface area contributed by atoms with E-state index in [0.29, 0.717) is 0 Å². The van der Waals surface area contributed by atoms with E-state index in [0.717, 1.165) is 12.1 Å². The van der Waals surface area contributed by atoms with Gasteiger partial charge in [0, 0.05) is 36.7 Å². The van der Waals surface area contributed by atoms with Crippen molar-refractivity contribution in [1.29, 1.82) is 0 Å². The first kappa shape index (κ1) is 12.7. The average Bonchev–Trinajstić information content (AvgIpc) is 2.31. The molecule has 3 nitrogen and oxygen atoms in total. The summed E-state index contributed by atoms with van der Waals surface area (Å²) in [6.45, 7) is 5.02. The highest BCUT2D eigenvalue weighted by molar-refractivity contribution is 7.99. The Labute approximate surface area is 104 Å². The Bertz CT molecular complexity index is 196. The van der Waals surface area contributed by atoms with Crippen LogP contribution in [0.4, 0.5) is 0 Å². The first-order chi connectivity index (χ1) is 7.75. The van der Waals surface area contributed by atoms with Crippen LogP contribution in [0.25, 0.3) is 0 Å². The Balaban J connectivity index is 1.68. The summed E-state index contributed by atoms with van der Waals surface area (Å²) in [5.74, 6) is 2.59. The standard InChI is InChI=1S/C12H25N3S/c1-14(2)12-3-6-15(7-4-12)9-11-10-16-8-5-13-11/h11-13H,3-10H2,1-2H3. The van der Waals surface area contributed by atoms with Crippen LogP contribution in [0.2, 0.25) is 0 Å². The maximum Gasteiger partial charge on any atom is 0.0285 e. The van der Waals surface area contributed by atoms with Gasteiger partial charge in [0.1, 0.15) is 0 Å². The molecule has 0 amide bonds. The van der Waals surface area contributed by atoms with Gasteiger partial charge >= 0.3 is 0 Å². The summed E-state index contributed by atoms with van der Waals surface area (Å²) in [6.07, 6.45) is 2.68. The fourth-order valence-electron chi connectivity index (χ4n) is 2.67. The van der Waals surface area contributed by atoms with E-state index in [-0.39, 0.29) is 0 Å². The fraction of sp³-hybridized carbons (Fsp3) is 1.00. The number of hydrogen-bond acceptors (Lipinski definition) is 4. The molecule has 1 N–H and O–H groups in total. The second-order valence-corrected chi connectivity index (χ2v) is 6.37. The lowest BCUT2D eigenvalue weighted by Gasteiger charge is -2.37. The third-order valence-electron chi connectivity index (χ3n) is 3.76. The number of nitrogens with one attached hydrogen (secondary N) is 1. The lowest BCUT2D eigenvalue weighted by atomic mass is 10.0. The highest BCUT2D eigenvalue weighted by Gasteiger charge is 2.23. The van der Waals surface area contributed by atoms with Crippen LogP contribution in [0.5, 0.6) is 0 Å². The number of hydrogen-bond donors (Lipinski definition) is 1. The highest BCUT2D eigenvalue weighted by atomic mass is 32.2. The van der Waals surface area contributed by atoms with Gasteiger partial charge in [-0.15, -0.1) is 0 Å². The first-order valence-electron chi connectivity index (χ1n) is 6.45. The number of likely N-dealkylation sites (tertiary alicyclic amines) is 1. The molecule has 2 aliphatic rings. The molecule has 0 aromatic rings. The molecule has 2 heterocycles. The summed E-state index contributed by atoms with van der Waals surface area (Å²) in [6, 6.07) is 1.54. The fourth-order valence-corrected chi connectivity index (χ4v) is 3.60. The molecule has 16 heavy (non-hydrogen) atoms. The lowest BCUT2D eigenvalue weighted by molar-refractivity contribution is 0.137. The van der Waals surface area contributed by atoms with Crippen LogP contribution in [0.1, 0.15) is 12.8 Å². The summed E-state index contributed by atoms with van der Waals surface area (Å²) in [7, 11) is 4.42. The van der Waals surface area contributed by atoms with Gasteiger partial charge in [-0.25, -0.2) is 0 Å². The molecule has 0 bridgehead atoms. The molecular weight excluding hydrogens is 218 g/mol. The van der Waals surface area contributed by atoms with Crippen LogP contribution >= 0.6 is 11.8 Å². The third kappa shape index (κ3) is 3.62. The van der Waals surface area contributed by atoms with E-state index in [4.69, 9.17) is 0 Å². The van der Waals surface area contributed by atoms with Gasteiger partial charge < -0.3 is 15.1 Å². The van der Waals surface area contributed by atoms with Gasteiger partial charge in [0.05, 0.1) is 0 Å². The quantitative estimate of drug-likeness (QED) is 0.787. The van der Waals surface area contributed by atoms with Gasteiger partial charge in [-0.1, -0.05) is 0 Å². The first-order valence-corrected chi connectivity index (χ1v) is 7.61. The Morgan fingerprint density at radius 3 is 2.62 bits per heavy atom. The Kier molecular flexibility index (Phi) is 4.95. The molecule has 1 unspecified atom stereocenters. The summed E-state index contributed by atoms with van der Waals surface area (Å²) >= 11 is 2.10. The van der Waals surface area contributed by atoms with E-state index in [1.54, 1.807) is 0 Å². The molecule has 2 fully saturated rings. The van der Waals surface area contributed by atoms with E-state index in [1.165, 1.54) is 50.5 Å². The predicted octanol–water partition coefficient (Wildman–Crippen LogP) is 0.717. The van der Waals surface area contributed by atoms with Gasteiger partial charge in [0.15, 0.2) is 0 Å². The molecule has 0 spiro atoms. The molecule has 0 aliphatic carbocycles. The Morgan fingerprint density at radius 1 is 1.31 bits per heavy atom. The van der Waals surface area contributed by atoms with Crippen molar-refractivity contribution < 1.29 is 0 Å². The maximum atomic E-state index is 3.63. The van der Waals surface area contributed by atoms with Crippen LogP contribution in [-0.2, 0) is 0 Å². The molecule has 0 aromatic heterocycles. The van der Waals surface area contributed by atoms with E-state index >= 15 is 0 Å². The van der Waals surface area contributed by atoms with Crippen LogP contribution in [0, 0.1) is 0 Å². The SMILES string of the molecule is CN(C)C1CCN(CC2CSCCN2)CC1. The lowest BCUT2D eigenvalue weighted by Crippen LogP contribution is -2.49. The van der Waals surface area contributed by atoms with Gasteiger partial charge in [-0.2, -0.15) is 11.8 Å². The molecule has 94 valence electrons. The topological polar surface area (TPSA) is 18.5 Å². The number of piperidine rings is 1. The highest BCUT2D eigenvalue weighted by Crippen LogP contribution is 2.16. The molecule has 2 saturated heterocycles. The second kappa shape index (κ2) is 6.24. The number of thioether (sulfide) groups is 1. The van der Waals surface area contributed by atoms with Crippen LogP contribution in [0.15, 0.2) is 0 Å². The summed E-state index contributed by atoms with van der Waals surface area (Å²) in [5, 5.41) is 3.63. The molecule has 0 aromatic carbocycles. The molecule has 0 radical (unpaired) electrons. The molecule has 0 saturated carbocycles. The Hall–Kier alpha value is 0.230. The van der Waals surface area contributed by atoms with Gasteiger partial charge in [-0.05, 0) is 40.0 Å². The third-order valence-corrected chi connectivity index (χ3v) is 4.90.